The van der Waals surface area contributed by atoms with E-state index in [9.17, 15) is 9.59 Å². The van der Waals surface area contributed by atoms with Crippen molar-refractivity contribution in [1.29, 1.82) is 0 Å². The molecule has 0 saturated carbocycles. The second-order valence-corrected chi connectivity index (χ2v) is 6.22. The van der Waals surface area contributed by atoms with Gasteiger partial charge in [-0.05, 0) is 18.9 Å². The van der Waals surface area contributed by atoms with Gasteiger partial charge in [0.15, 0.2) is 5.78 Å². The Kier molecular flexibility index (Phi) is 4.20. The number of nitrogens with two attached hydrogens (primary N) is 1. The zero-order valence-electron chi connectivity index (χ0n) is 12.7. The van der Waals surface area contributed by atoms with E-state index in [1.165, 1.54) is 29.9 Å². The molecule has 0 radical (unpaired) electrons. The van der Waals surface area contributed by atoms with Gasteiger partial charge in [0.25, 0.3) is 5.91 Å². The van der Waals surface area contributed by atoms with E-state index < -0.39 is 0 Å². The zero-order valence-corrected chi connectivity index (χ0v) is 13.5. The maximum Gasteiger partial charge on any atom is 0.257 e. The molecule has 6 nitrogen and oxygen atoms in total. The Labute approximate surface area is 137 Å². The lowest BCUT2D eigenvalue weighted by Gasteiger charge is -2.28. The molecule has 3 rings (SSSR count). The monoisotopic (exact) mass is 328 g/mol. The first-order valence-corrected chi connectivity index (χ1v) is 8.07. The van der Waals surface area contributed by atoms with E-state index in [0.717, 1.165) is 16.0 Å². The van der Waals surface area contributed by atoms with Gasteiger partial charge in [0.1, 0.15) is 0 Å². The van der Waals surface area contributed by atoms with Crippen LogP contribution in [0.1, 0.15) is 33.4 Å². The summed E-state index contributed by atoms with van der Waals surface area (Å²) in [5, 5.41) is 1.88. The van der Waals surface area contributed by atoms with Crippen LogP contribution in [0.2, 0.25) is 0 Å². The predicted octanol–water partition coefficient (Wildman–Crippen LogP) is 1.63. The summed E-state index contributed by atoms with van der Waals surface area (Å²) in [5.74, 6) is -0.0965. The van der Waals surface area contributed by atoms with Crippen molar-refractivity contribution in [2.75, 3.05) is 6.54 Å². The molecule has 0 saturated heterocycles. The van der Waals surface area contributed by atoms with Gasteiger partial charge in [-0.1, -0.05) is 0 Å². The fraction of sp³-hybridized carbons (Fsp3) is 0.250. The van der Waals surface area contributed by atoms with E-state index in [0.29, 0.717) is 30.8 Å². The van der Waals surface area contributed by atoms with Crippen LogP contribution in [0.15, 0.2) is 30.2 Å². The Bertz CT molecular complexity index is 783. The molecular formula is C16H16N4O2S. The number of Topliss-reactive ketones (excluding diaryl/α,β-unsaturated/α-hetero) is 1. The third-order valence-corrected chi connectivity index (χ3v) is 4.86. The minimum absolute atomic E-state index is 0.0735. The molecule has 0 atom stereocenters. The van der Waals surface area contributed by atoms with Crippen molar-refractivity contribution < 1.29 is 9.59 Å². The maximum atomic E-state index is 12.7. The number of amides is 1. The van der Waals surface area contributed by atoms with Crippen molar-refractivity contribution in [2.45, 2.75) is 19.9 Å². The van der Waals surface area contributed by atoms with Crippen LogP contribution in [0.5, 0.6) is 0 Å². The van der Waals surface area contributed by atoms with Gasteiger partial charge in [0, 0.05) is 41.0 Å². The Balaban J connectivity index is 1.83. The van der Waals surface area contributed by atoms with Crippen molar-refractivity contribution in [3.8, 4) is 0 Å². The van der Waals surface area contributed by atoms with Gasteiger partial charge in [-0.3, -0.25) is 19.6 Å². The zero-order chi connectivity index (χ0) is 16.4. The summed E-state index contributed by atoms with van der Waals surface area (Å²) in [6.07, 6.45) is 6.54. The van der Waals surface area contributed by atoms with Gasteiger partial charge in [0.2, 0.25) is 0 Å². The summed E-state index contributed by atoms with van der Waals surface area (Å²) >= 11 is 1.52. The van der Waals surface area contributed by atoms with Gasteiger partial charge < -0.3 is 10.6 Å². The second-order valence-electron chi connectivity index (χ2n) is 5.25. The first kappa shape index (κ1) is 15.4. The lowest BCUT2D eigenvalue weighted by Crippen LogP contribution is -2.36. The molecule has 7 heteroatoms. The Morgan fingerprint density at radius 2 is 2.22 bits per heavy atom. The van der Waals surface area contributed by atoms with Crippen LogP contribution in [0.25, 0.3) is 5.57 Å². The summed E-state index contributed by atoms with van der Waals surface area (Å²) in [7, 11) is 0. The van der Waals surface area contributed by atoms with Crippen LogP contribution in [0, 0.1) is 0 Å². The van der Waals surface area contributed by atoms with E-state index in [2.05, 4.69) is 9.97 Å². The molecule has 0 aliphatic carbocycles. The predicted molar refractivity (Wildman–Crippen MR) is 87.6 cm³/mol. The summed E-state index contributed by atoms with van der Waals surface area (Å²) in [4.78, 5) is 35.3. The Morgan fingerprint density at radius 3 is 2.87 bits per heavy atom. The van der Waals surface area contributed by atoms with Crippen molar-refractivity contribution in [1.82, 2.24) is 14.9 Å². The van der Waals surface area contributed by atoms with Crippen LogP contribution in [-0.4, -0.2) is 33.1 Å². The molecule has 0 bridgehead atoms. The highest BCUT2D eigenvalue weighted by atomic mass is 32.1. The van der Waals surface area contributed by atoms with E-state index in [1.54, 1.807) is 18.0 Å². The highest BCUT2D eigenvalue weighted by Gasteiger charge is 2.27. The number of fused-ring (bicyclic) bond motifs is 1. The van der Waals surface area contributed by atoms with Crippen LogP contribution < -0.4 is 5.73 Å². The second kappa shape index (κ2) is 6.29. The quantitative estimate of drug-likeness (QED) is 0.683. The number of thiophene rings is 1. The van der Waals surface area contributed by atoms with E-state index >= 15 is 0 Å². The standard InChI is InChI=1S/C16H16N4O2S/c1-10(21)13-9-23-15-8-20(5-2-11(13)15)16(22)12(6-17)14-7-18-3-4-19-14/h3-4,6-7,9H,2,5,8,17H2,1H3/b12-6+. The molecule has 1 aliphatic heterocycles. The molecule has 1 amide bonds. The molecule has 23 heavy (non-hydrogen) atoms. The Morgan fingerprint density at radius 1 is 1.39 bits per heavy atom. The van der Waals surface area contributed by atoms with Gasteiger partial charge in [0.05, 0.1) is 24.0 Å². The number of ketones is 1. The van der Waals surface area contributed by atoms with Crippen molar-refractivity contribution in [3.05, 3.63) is 51.9 Å². The molecule has 3 heterocycles. The maximum absolute atomic E-state index is 12.7. The van der Waals surface area contributed by atoms with Crippen molar-refractivity contribution in [3.63, 3.8) is 0 Å². The number of rotatable bonds is 3. The third-order valence-electron chi connectivity index (χ3n) is 3.85. The highest BCUT2D eigenvalue weighted by Crippen LogP contribution is 2.30. The number of aromatic nitrogens is 2. The number of hydrogen-bond donors (Lipinski definition) is 1. The first-order chi connectivity index (χ1) is 11.1. The third kappa shape index (κ3) is 2.87. The number of carbonyl (C=O) groups is 2. The summed E-state index contributed by atoms with van der Waals surface area (Å²) in [6, 6.07) is 0. The molecule has 0 unspecified atom stereocenters. The summed E-state index contributed by atoms with van der Waals surface area (Å²) < 4.78 is 0. The van der Waals surface area contributed by atoms with Gasteiger partial charge in [-0.2, -0.15) is 0 Å². The van der Waals surface area contributed by atoms with Crippen LogP contribution in [-0.2, 0) is 17.8 Å². The number of carbonyl (C=O) groups excluding carboxylic acids is 2. The first-order valence-electron chi connectivity index (χ1n) is 7.19. The molecule has 1 aliphatic rings. The molecule has 0 aromatic carbocycles. The van der Waals surface area contributed by atoms with Gasteiger partial charge >= 0.3 is 0 Å². The van der Waals surface area contributed by atoms with Crippen LogP contribution in [0.3, 0.4) is 0 Å². The fourth-order valence-electron chi connectivity index (χ4n) is 2.67. The molecule has 2 aromatic rings. The van der Waals surface area contributed by atoms with E-state index in [-0.39, 0.29) is 11.7 Å². The summed E-state index contributed by atoms with van der Waals surface area (Å²) in [6.45, 7) is 2.62. The molecule has 2 N–H and O–H groups in total. The topological polar surface area (TPSA) is 89.2 Å². The minimum atomic E-state index is -0.170. The van der Waals surface area contributed by atoms with Gasteiger partial charge in [-0.25, -0.2) is 0 Å². The average Bonchev–Trinajstić information content (AvgIpc) is 2.99. The lowest BCUT2D eigenvalue weighted by atomic mass is 10.0. The number of nitrogens with zero attached hydrogens (tertiary/aromatic N) is 3. The van der Waals surface area contributed by atoms with Crippen molar-refractivity contribution in [2.24, 2.45) is 5.73 Å². The largest absolute Gasteiger partial charge is 0.404 e. The Hall–Kier alpha value is -2.54. The molecule has 118 valence electrons. The van der Waals surface area contributed by atoms with Crippen molar-refractivity contribution >= 4 is 28.6 Å². The fourth-order valence-corrected chi connectivity index (χ4v) is 3.83. The van der Waals surface area contributed by atoms with Gasteiger partial charge in [-0.15, -0.1) is 11.3 Å². The smallest absolute Gasteiger partial charge is 0.257 e. The molecule has 0 spiro atoms. The highest BCUT2D eigenvalue weighted by molar-refractivity contribution is 7.10. The van der Waals surface area contributed by atoms with E-state index in [1.807, 2.05) is 5.38 Å². The number of hydrogen-bond acceptors (Lipinski definition) is 6. The van der Waals surface area contributed by atoms with Crippen LogP contribution >= 0.6 is 11.3 Å². The summed E-state index contributed by atoms with van der Waals surface area (Å²) in [5.41, 5.74) is 8.28. The lowest BCUT2D eigenvalue weighted by molar-refractivity contribution is -0.125. The molecule has 2 aromatic heterocycles. The SMILES string of the molecule is CC(=O)c1csc2c1CCN(C(=O)/C(=C/N)c1cnccn1)C2. The average molecular weight is 328 g/mol. The molecular weight excluding hydrogens is 312 g/mol. The normalized spacial score (nSPS) is 14.5. The minimum Gasteiger partial charge on any atom is -0.404 e. The molecule has 0 fully saturated rings. The van der Waals surface area contributed by atoms with Crippen LogP contribution in [0.4, 0.5) is 0 Å². The van der Waals surface area contributed by atoms with E-state index in [4.69, 9.17) is 5.73 Å².